The molecule has 0 atom stereocenters. The van der Waals surface area contributed by atoms with E-state index in [0.717, 1.165) is 0 Å². The first-order valence-electron chi connectivity index (χ1n) is 5.56. The average molecular weight is 271 g/mol. The highest BCUT2D eigenvalue weighted by Gasteiger charge is 2.19. The summed E-state index contributed by atoms with van der Waals surface area (Å²) in [7, 11) is 0. The van der Waals surface area contributed by atoms with Crippen LogP contribution in [0, 0.1) is 11.3 Å². The predicted molar refractivity (Wildman–Crippen MR) is 68.1 cm³/mol. The SMILES string of the molecule is N#Cc1nc(C(=O)NCC(=O)O)c(O)c2ccccc12. The summed E-state index contributed by atoms with van der Waals surface area (Å²) in [5.41, 5.74) is -0.389. The third-order valence-corrected chi connectivity index (χ3v) is 2.61. The molecule has 100 valence electrons. The fourth-order valence-corrected chi connectivity index (χ4v) is 1.73. The number of carbonyl (C=O) groups is 2. The zero-order valence-electron chi connectivity index (χ0n) is 10.1. The van der Waals surface area contributed by atoms with Gasteiger partial charge in [-0.25, -0.2) is 4.98 Å². The van der Waals surface area contributed by atoms with Crippen LogP contribution in [0.5, 0.6) is 5.75 Å². The third-order valence-electron chi connectivity index (χ3n) is 2.61. The van der Waals surface area contributed by atoms with Crippen LogP contribution in [0.1, 0.15) is 16.2 Å². The smallest absolute Gasteiger partial charge is 0.322 e. The normalized spacial score (nSPS) is 9.95. The third kappa shape index (κ3) is 2.35. The number of amides is 1. The van der Waals surface area contributed by atoms with Crippen molar-refractivity contribution in [2.24, 2.45) is 0 Å². The zero-order chi connectivity index (χ0) is 14.7. The Bertz CT molecular complexity index is 749. The molecule has 0 unspecified atom stereocenters. The van der Waals surface area contributed by atoms with Crippen molar-refractivity contribution in [3.63, 3.8) is 0 Å². The fourth-order valence-electron chi connectivity index (χ4n) is 1.73. The minimum Gasteiger partial charge on any atom is -0.505 e. The van der Waals surface area contributed by atoms with Gasteiger partial charge in [-0.3, -0.25) is 9.59 Å². The van der Waals surface area contributed by atoms with Gasteiger partial charge in [0.05, 0.1) is 0 Å². The first-order chi connectivity index (χ1) is 9.54. The average Bonchev–Trinajstić information content (AvgIpc) is 2.45. The molecule has 0 aliphatic carbocycles. The standard InChI is InChI=1S/C13H9N3O4/c14-5-9-7-3-1-2-4-8(7)12(19)11(16-9)13(20)15-6-10(17)18/h1-4,19H,6H2,(H,15,20)(H,17,18). The Balaban J connectivity index is 2.55. The van der Waals surface area contributed by atoms with Gasteiger partial charge in [0.25, 0.3) is 5.91 Å². The molecule has 0 fully saturated rings. The van der Waals surface area contributed by atoms with E-state index in [9.17, 15) is 14.7 Å². The van der Waals surface area contributed by atoms with Crippen LogP contribution in [-0.2, 0) is 4.79 Å². The maximum absolute atomic E-state index is 11.8. The van der Waals surface area contributed by atoms with E-state index in [1.165, 1.54) is 0 Å². The number of fused-ring (bicyclic) bond motifs is 1. The van der Waals surface area contributed by atoms with Gasteiger partial charge in [-0.1, -0.05) is 24.3 Å². The molecule has 2 aromatic rings. The largest absolute Gasteiger partial charge is 0.505 e. The molecular weight excluding hydrogens is 262 g/mol. The number of carboxylic acids is 1. The predicted octanol–water partition coefficient (Wildman–Crippen LogP) is 0.626. The second kappa shape index (κ2) is 5.24. The monoisotopic (exact) mass is 271 g/mol. The minimum absolute atomic E-state index is 0.0149. The number of aliphatic carboxylic acids is 1. The number of hydrogen-bond acceptors (Lipinski definition) is 5. The van der Waals surface area contributed by atoms with Gasteiger partial charge in [-0.05, 0) is 0 Å². The number of benzene rings is 1. The summed E-state index contributed by atoms with van der Waals surface area (Å²) >= 11 is 0. The Kier molecular flexibility index (Phi) is 3.48. The van der Waals surface area contributed by atoms with E-state index in [1.54, 1.807) is 24.3 Å². The molecule has 0 aliphatic heterocycles. The molecule has 7 heteroatoms. The maximum atomic E-state index is 11.8. The summed E-state index contributed by atoms with van der Waals surface area (Å²) in [5, 5.41) is 30.4. The van der Waals surface area contributed by atoms with Crippen LogP contribution < -0.4 is 5.32 Å². The van der Waals surface area contributed by atoms with Gasteiger partial charge in [-0.2, -0.15) is 5.26 Å². The number of nitriles is 1. The maximum Gasteiger partial charge on any atom is 0.322 e. The number of nitrogens with one attached hydrogen (secondary N) is 1. The van der Waals surface area contributed by atoms with E-state index in [0.29, 0.717) is 10.8 Å². The van der Waals surface area contributed by atoms with Crippen LogP contribution in [0.4, 0.5) is 0 Å². The van der Waals surface area contributed by atoms with E-state index in [1.807, 2.05) is 6.07 Å². The van der Waals surface area contributed by atoms with Gasteiger partial charge in [0.1, 0.15) is 18.3 Å². The van der Waals surface area contributed by atoms with Crippen molar-refractivity contribution in [1.82, 2.24) is 10.3 Å². The van der Waals surface area contributed by atoms with Gasteiger partial charge in [0.15, 0.2) is 11.4 Å². The lowest BCUT2D eigenvalue weighted by molar-refractivity contribution is -0.135. The first-order valence-corrected chi connectivity index (χ1v) is 5.56. The minimum atomic E-state index is -1.22. The molecule has 1 amide bonds. The Morgan fingerprint density at radius 3 is 2.55 bits per heavy atom. The molecule has 0 spiro atoms. The molecule has 0 radical (unpaired) electrons. The summed E-state index contributed by atoms with van der Waals surface area (Å²) in [6, 6.07) is 8.29. The van der Waals surface area contributed by atoms with Crippen LogP contribution >= 0.6 is 0 Å². The van der Waals surface area contributed by atoms with Gasteiger partial charge >= 0.3 is 5.97 Å². The van der Waals surface area contributed by atoms with Crippen molar-refractivity contribution in [2.75, 3.05) is 6.54 Å². The first kappa shape index (κ1) is 13.3. The highest BCUT2D eigenvalue weighted by Crippen LogP contribution is 2.29. The van der Waals surface area contributed by atoms with Crippen molar-refractivity contribution in [1.29, 1.82) is 5.26 Å². The van der Waals surface area contributed by atoms with Crippen molar-refractivity contribution in [3.8, 4) is 11.8 Å². The number of pyridine rings is 1. The van der Waals surface area contributed by atoms with E-state index in [4.69, 9.17) is 10.4 Å². The lowest BCUT2D eigenvalue weighted by Crippen LogP contribution is -2.30. The highest BCUT2D eigenvalue weighted by atomic mass is 16.4. The summed E-state index contributed by atoms with van der Waals surface area (Å²) < 4.78 is 0. The number of carbonyl (C=O) groups excluding carboxylic acids is 1. The molecule has 0 bridgehead atoms. The molecule has 1 aromatic heterocycles. The lowest BCUT2D eigenvalue weighted by Gasteiger charge is -2.08. The van der Waals surface area contributed by atoms with Crippen molar-refractivity contribution in [2.45, 2.75) is 0 Å². The van der Waals surface area contributed by atoms with Crippen LogP contribution in [0.15, 0.2) is 24.3 Å². The van der Waals surface area contributed by atoms with E-state index in [-0.39, 0.29) is 17.1 Å². The number of aromatic nitrogens is 1. The van der Waals surface area contributed by atoms with Gasteiger partial charge in [0.2, 0.25) is 0 Å². The van der Waals surface area contributed by atoms with Gasteiger partial charge in [-0.15, -0.1) is 0 Å². The Morgan fingerprint density at radius 1 is 1.30 bits per heavy atom. The number of carboxylic acid groups (broad SMARTS) is 1. The van der Waals surface area contributed by atoms with Crippen molar-refractivity contribution < 1.29 is 19.8 Å². The summed E-state index contributed by atoms with van der Waals surface area (Å²) in [6.07, 6.45) is 0. The summed E-state index contributed by atoms with van der Waals surface area (Å²) in [6.45, 7) is -0.603. The fraction of sp³-hybridized carbons (Fsp3) is 0.0769. The highest BCUT2D eigenvalue weighted by molar-refractivity contribution is 6.03. The number of rotatable bonds is 3. The molecule has 0 aliphatic rings. The second-order valence-corrected chi connectivity index (χ2v) is 3.89. The second-order valence-electron chi connectivity index (χ2n) is 3.89. The lowest BCUT2D eigenvalue weighted by atomic mass is 10.1. The summed E-state index contributed by atoms with van der Waals surface area (Å²) in [5.74, 6) is -2.46. The summed E-state index contributed by atoms with van der Waals surface area (Å²) in [4.78, 5) is 26.0. The zero-order valence-corrected chi connectivity index (χ0v) is 10.1. The van der Waals surface area contributed by atoms with Crippen LogP contribution in [-0.4, -0.2) is 33.6 Å². The van der Waals surface area contributed by atoms with E-state index >= 15 is 0 Å². The van der Waals surface area contributed by atoms with E-state index in [2.05, 4.69) is 10.3 Å². The Hall–Kier alpha value is -3.14. The molecule has 3 N–H and O–H groups in total. The molecule has 0 saturated heterocycles. The molecule has 1 heterocycles. The Morgan fingerprint density at radius 2 is 1.95 bits per heavy atom. The van der Waals surface area contributed by atoms with Gasteiger partial charge < -0.3 is 15.5 Å². The number of hydrogen-bond donors (Lipinski definition) is 3. The van der Waals surface area contributed by atoms with Crippen molar-refractivity contribution >= 4 is 22.6 Å². The molecule has 2 rings (SSSR count). The topological polar surface area (TPSA) is 123 Å². The molecular formula is C13H9N3O4. The molecule has 20 heavy (non-hydrogen) atoms. The van der Waals surface area contributed by atoms with Gasteiger partial charge in [0, 0.05) is 10.8 Å². The number of nitrogens with zero attached hydrogens (tertiary/aromatic N) is 2. The van der Waals surface area contributed by atoms with Crippen LogP contribution in [0.3, 0.4) is 0 Å². The molecule has 1 aromatic carbocycles. The van der Waals surface area contributed by atoms with Crippen molar-refractivity contribution in [3.05, 3.63) is 35.7 Å². The Labute approximate surface area is 113 Å². The van der Waals surface area contributed by atoms with E-state index < -0.39 is 18.4 Å². The number of aromatic hydroxyl groups is 1. The quantitative estimate of drug-likeness (QED) is 0.752. The van der Waals surface area contributed by atoms with Crippen LogP contribution in [0.25, 0.3) is 10.8 Å². The van der Waals surface area contributed by atoms with Crippen LogP contribution in [0.2, 0.25) is 0 Å². The molecule has 7 nitrogen and oxygen atoms in total. The molecule has 0 saturated carbocycles.